The van der Waals surface area contributed by atoms with Crippen molar-refractivity contribution in [3.63, 3.8) is 0 Å². The molecule has 0 atom stereocenters. The predicted octanol–water partition coefficient (Wildman–Crippen LogP) is 4.12. The molecule has 0 saturated heterocycles. The fourth-order valence-corrected chi connectivity index (χ4v) is 2.17. The van der Waals surface area contributed by atoms with Gasteiger partial charge in [-0.15, -0.1) is 0 Å². The molecule has 4 nitrogen and oxygen atoms in total. The number of carbonyl (C=O) groups excluding carboxylic acids is 1. The predicted molar refractivity (Wildman–Crippen MR) is 77.3 cm³/mol. The molecule has 0 unspecified atom stereocenters. The molecule has 0 aromatic heterocycles. The van der Waals surface area contributed by atoms with Crippen molar-refractivity contribution in [3.05, 3.63) is 74.0 Å². The van der Waals surface area contributed by atoms with Gasteiger partial charge in [0.15, 0.2) is 5.78 Å². The maximum Gasteiger partial charge on any atom is 0.273 e. The standard InChI is InChI=1S/C15H11ClFNO3/c1-9-5-6-10(7-14(9)18(20)21)15(19)8-11-12(16)3-2-4-13(11)17/h2-7H,8H2,1H3. The molecule has 2 aromatic rings. The van der Waals surface area contributed by atoms with Gasteiger partial charge >= 0.3 is 0 Å². The van der Waals surface area contributed by atoms with Gasteiger partial charge in [-0.1, -0.05) is 29.8 Å². The third kappa shape index (κ3) is 3.25. The van der Waals surface area contributed by atoms with Crippen molar-refractivity contribution in [2.24, 2.45) is 0 Å². The van der Waals surface area contributed by atoms with E-state index in [-0.39, 0.29) is 28.3 Å². The van der Waals surface area contributed by atoms with Crippen LogP contribution in [0.15, 0.2) is 36.4 Å². The Morgan fingerprint density at radius 3 is 2.67 bits per heavy atom. The lowest BCUT2D eigenvalue weighted by atomic mass is 10.0. The zero-order valence-electron chi connectivity index (χ0n) is 11.1. The van der Waals surface area contributed by atoms with Crippen molar-refractivity contribution in [1.29, 1.82) is 0 Å². The van der Waals surface area contributed by atoms with Crippen LogP contribution in [-0.4, -0.2) is 10.7 Å². The molecule has 0 spiro atoms. The first kappa shape index (κ1) is 15.1. The van der Waals surface area contributed by atoms with Crippen molar-refractivity contribution in [2.45, 2.75) is 13.3 Å². The number of hydrogen-bond acceptors (Lipinski definition) is 3. The van der Waals surface area contributed by atoms with Gasteiger partial charge in [0.05, 0.1) is 4.92 Å². The molecule has 0 radical (unpaired) electrons. The monoisotopic (exact) mass is 307 g/mol. The summed E-state index contributed by atoms with van der Waals surface area (Å²) in [4.78, 5) is 22.5. The molecule has 2 rings (SSSR count). The molecule has 0 aliphatic rings. The zero-order chi connectivity index (χ0) is 15.6. The van der Waals surface area contributed by atoms with Crippen LogP contribution in [0.2, 0.25) is 5.02 Å². The summed E-state index contributed by atoms with van der Waals surface area (Å²) in [5.74, 6) is -0.998. The summed E-state index contributed by atoms with van der Waals surface area (Å²) >= 11 is 5.87. The fraction of sp³-hybridized carbons (Fsp3) is 0.133. The largest absolute Gasteiger partial charge is 0.294 e. The highest BCUT2D eigenvalue weighted by Gasteiger charge is 2.17. The molecule has 0 aliphatic carbocycles. The molecule has 0 saturated carbocycles. The van der Waals surface area contributed by atoms with Gasteiger partial charge in [0.1, 0.15) is 5.82 Å². The van der Waals surface area contributed by atoms with Crippen molar-refractivity contribution in [1.82, 2.24) is 0 Å². The van der Waals surface area contributed by atoms with Crippen LogP contribution in [0.1, 0.15) is 21.5 Å². The number of halogens is 2. The van der Waals surface area contributed by atoms with Crippen LogP contribution in [-0.2, 0) is 6.42 Å². The maximum atomic E-state index is 13.7. The second kappa shape index (κ2) is 6.01. The van der Waals surface area contributed by atoms with Gasteiger partial charge in [-0.3, -0.25) is 14.9 Å². The lowest BCUT2D eigenvalue weighted by Crippen LogP contribution is -2.07. The Morgan fingerprint density at radius 1 is 1.33 bits per heavy atom. The number of rotatable bonds is 4. The quantitative estimate of drug-likeness (QED) is 0.485. The van der Waals surface area contributed by atoms with E-state index in [2.05, 4.69) is 0 Å². The summed E-state index contributed by atoms with van der Waals surface area (Å²) in [7, 11) is 0. The summed E-state index contributed by atoms with van der Waals surface area (Å²) in [5.41, 5.74) is 0.569. The first-order valence-corrected chi connectivity index (χ1v) is 6.49. The Kier molecular flexibility index (Phi) is 4.33. The van der Waals surface area contributed by atoms with Crippen LogP contribution in [0.25, 0.3) is 0 Å². The number of nitro benzene ring substituents is 1. The van der Waals surface area contributed by atoms with Gasteiger partial charge in [0, 0.05) is 34.2 Å². The number of carbonyl (C=O) groups is 1. The molecular formula is C15H11ClFNO3. The van der Waals surface area contributed by atoms with Crippen LogP contribution in [0, 0.1) is 22.9 Å². The van der Waals surface area contributed by atoms with E-state index in [4.69, 9.17) is 11.6 Å². The Hall–Kier alpha value is -2.27. The smallest absolute Gasteiger partial charge is 0.273 e. The minimum atomic E-state index is -0.572. The van der Waals surface area contributed by atoms with Crippen molar-refractivity contribution < 1.29 is 14.1 Å². The molecule has 0 fully saturated rings. The Morgan fingerprint density at radius 2 is 2.05 bits per heavy atom. The molecule has 0 heterocycles. The molecule has 0 N–H and O–H groups in total. The van der Waals surface area contributed by atoms with E-state index < -0.39 is 16.5 Å². The van der Waals surface area contributed by atoms with Crippen molar-refractivity contribution in [2.75, 3.05) is 0 Å². The van der Waals surface area contributed by atoms with Gasteiger partial charge in [0.25, 0.3) is 5.69 Å². The molecule has 108 valence electrons. The average molecular weight is 308 g/mol. The normalized spacial score (nSPS) is 10.4. The molecule has 0 amide bonds. The molecule has 6 heteroatoms. The van der Waals surface area contributed by atoms with Gasteiger partial charge in [-0.25, -0.2) is 4.39 Å². The molecule has 2 aromatic carbocycles. The van der Waals surface area contributed by atoms with E-state index in [1.807, 2.05) is 0 Å². The number of nitro groups is 1. The Balaban J connectivity index is 2.33. The average Bonchev–Trinajstić information content (AvgIpc) is 2.43. The van der Waals surface area contributed by atoms with Crippen LogP contribution < -0.4 is 0 Å². The zero-order valence-corrected chi connectivity index (χ0v) is 11.9. The summed E-state index contributed by atoms with van der Waals surface area (Å²) in [6.45, 7) is 1.58. The number of nitrogens with zero attached hydrogens (tertiary/aromatic N) is 1. The molecule has 0 aliphatic heterocycles. The SMILES string of the molecule is Cc1ccc(C(=O)Cc2c(F)cccc2Cl)cc1[N+](=O)[O-]. The van der Waals surface area contributed by atoms with E-state index >= 15 is 0 Å². The second-order valence-electron chi connectivity index (χ2n) is 4.56. The number of Topliss-reactive ketones (excluding diaryl/α,β-unsaturated/α-hetero) is 1. The summed E-state index contributed by atoms with van der Waals surface area (Å²) < 4.78 is 13.7. The van der Waals surface area contributed by atoms with Crippen LogP contribution >= 0.6 is 11.6 Å². The van der Waals surface area contributed by atoms with Gasteiger partial charge in [-0.2, -0.15) is 0 Å². The van der Waals surface area contributed by atoms with Gasteiger partial charge in [-0.05, 0) is 19.1 Å². The van der Waals surface area contributed by atoms with E-state index in [0.29, 0.717) is 5.56 Å². The van der Waals surface area contributed by atoms with E-state index in [1.165, 1.54) is 36.4 Å². The maximum absolute atomic E-state index is 13.7. The highest BCUT2D eigenvalue weighted by atomic mass is 35.5. The molecule has 21 heavy (non-hydrogen) atoms. The Labute approximate surface area is 125 Å². The van der Waals surface area contributed by atoms with E-state index in [0.717, 1.165) is 0 Å². The number of aryl methyl sites for hydroxylation is 1. The van der Waals surface area contributed by atoms with Crippen LogP contribution in [0.3, 0.4) is 0 Å². The topological polar surface area (TPSA) is 60.2 Å². The fourth-order valence-electron chi connectivity index (χ4n) is 1.94. The lowest BCUT2D eigenvalue weighted by molar-refractivity contribution is -0.385. The van der Waals surface area contributed by atoms with E-state index in [1.54, 1.807) is 6.92 Å². The third-order valence-corrected chi connectivity index (χ3v) is 3.48. The van der Waals surface area contributed by atoms with Gasteiger partial charge in [0.2, 0.25) is 0 Å². The summed E-state index contributed by atoms with van der Waals surface area (Å²) in [6.07, 6.45) is -0.244. The number of benzene rings is 2. The lowest BCUT2D eigenvalue weighted by Gasteiger charge is -2.06. The highest BCUT2D eigenvalue weighted by Crippen LogP contribution is 2.23. The van der Waals surface area contributed by atoms with Crippen LogP contribution in [0.4, 0.5) is 10.1 Å². The van der Waals surface area contributed by atoms with Crippen molar-refractivity contribution in [3.8, 4) is 0 Å². The second-order valence-corrected chi connectivity index (χ2v) is 4.97. The minimum Gasteiger partial charge on any atom is -0.294 e. The first-order valence-electron chi connectivity index (χ1n) is 6.11. The Bertz CT molecular complexity index is 711. The number of hydrogen-bond donors (Lipinski definition) is 0. The first-order chi connectivity index (χ1) is 9.90. The van der Waals surface area contributed by atoms with Gasteiger partial charge < -0.3 is 0 Å². The molecule has 0 bridgehead atoms. The third-order valence-electron chi connectivity index (χ3n) is 3.13. The van der Waals surface area contributed by atoms with E-state index in [9.17, 15) is 19.3 Å². The minimum absolute atomic E-state index is 0.0902. The summed E-state index contributed by atoms with van der Waals surface area (Å²) in [5, 5.41) is 11.0. The number of ketones is 1. The summed E-state index contributed by atoms with van der Waals surface area (Å²) in [6, 6.07) is 8.33. The van der Waals surface area contributed by atoms with Crippen molar-refractivity contribution >= 4 is 23.1 Å². The highest BCUT2D eigenvalue weighted by molar-refractivity contribution is 6.31. The van der Waals surface area contributed by atoms with Crippen LogP contribution in [0.5, 0.6) is 0 Å². The molecular weight excluding hydrogens is 297 g/mol.